The lowest BCUT2D eigenvalue weighted by Gasteiger charge is -2.50. The first kappa shape index (κ1) is 13.1. The Hall–Kier alpha value is -1.39. The van der Waals surface area contributed by atoms with Gasteiger partial charge in [-0.3, -0.25) is 4.90 Å². The molecule has 6 rings (SSSR count). The van der Waals surface area contributed by atoms with Gasteiger partial charge in [-0.05, 0) is 55.9 Å². The molecule has 4 aliphatic rings. The molecule has 2 bridgehead atoms. The molecule has 4 heteroatoms. The van der Waals surface area contributed by atoms with E-state index < -0.39 is 0 Å². The molecule has 3 nitrogen and oxygen atoms in total. The molecule has 6 heterocycles. The van der Waals surface area contributed by atoms with Crippen molar-refractivity contribution in [2.75, 3.05) is 19.6 Å². The first-order valence-corrected chi connectivity index (χ1v) is 9.06. The van der Waals surface area contributed by atoms with Crippen LogP contribution in [-0.2, 0) is 6.42 Å². The summed E-state index contributed by atoms with van der Waals surface area (Å²) in [4.78, 5) is 8.52. The summed E-state index contributed by atoms with van der Waals surface area (Å²) in [6.07, 6.45) is 5.58. The Morgan fingerprint density at radius 1 is 1.32 bits per heavy atom. The monoisotopic (exact) mass is 312 g/mol. The first-order valence-electron chi connectivity index (χ1n) is 8.18. The maximum atomic E-state index is 6.42. The topological polar surface area (TPSA) is 25.4 Å². The van der Waals surface area contributed by atoms with E-state index in [0.29, 0.717) is 5.92 Å². The molecule has 114 valence electrons. The maximum Gasteiger partial charge on any atom is 0.217 e. The van der Waals surface area contributed by atoms with Crippen molar-refractivity contribution in [2.45, 2.75) is 31.8 Å². The fraction of sp³-hybridized carbons (Fsp3) is 0.500. The van der Waals surface area contributed by atoms with Crippen molar-refractivity contribution in [3.05, 3.63) is 34.8 Å². The van der Waals surface area contributed by atoms with Gasteiger partial charge in [0.25, 0.3) is 0 Å². The second kappa shape index (κ2) is 4.56. The molecule has 3 saturated heterocycles. The zero-order valence-corrected chi connectivity index (χ0v) is 13.7. The van der Waals surface area contributed by atoms with E-state index in [4.69, 9.17) is 4.74 Å². The minimum atomic E-state index is 0.00975. The quantitative estimate of drug-likeness (QED) is 0.805. The van der Waals surface area contributed by atoms with Crippen LogP contribution in [0.25, 0.3) is 10.4 Å². The summed E-state index contributed by atoms with van der Waals surface area (Å²) >= 11 is 1.80. The fourth-order valence-electron chi connectivity index (χ4n) is 4.43. The van der Waals surface area contributed by atoms with Crippen molar-refractivity contribution in [3.63, 3.8) is 0 Å². The van der Waals surface area contributed by atoms with Crippen molar-refractivity contribution < 1.29 is 4.74 Å². The Morgan fingerprint density at radius 2 is 2.18 bits per heavy atom. The van der Waals surface area contributed by atoms with Crippen molar-refractivity contribution in [3.8, 4) is 16.3 Å². The van der Waals surface area contributed by atoms with Gasteiger partial charge in [0.2, 0.25) is 5.88 Å². The third-order valence-electron chi connectivity index (χ3n) is 5.55. The fourth-order valence-corrected chi connectivity index (χ4v) is 5.31. The highest BCUT2D eigenvalue weighted by molar-refractivity contribution is 7.13. The van der Waals surface area contributed by atoms with E-state index in [0.717, 1.165) is 18.8 Å². The molecule has 1 unspecified atom stereocenters. The molecule has 0 amide bonds. The summed E-state index contributed by atoms with van der Waals surface area (Å²) in [6.45, 7) is 5.73. The SMILES string of the molecule is Cc1csc(-c2cnc3c(c2)CC2(CN4CCC2CC4)O3)c1. The highest BCUT2D eigenvalue weighted by atomic mass is 32.1. The summed E-state index contributed by atoms with van der Waals surface area (Å²) in [5.41, 5.74) is 3.87. The van der Waals surface area contributed by atoms with E-state index >= 15 is 0 Å². The second-order valence-electron chi connectivity index (χ2n) is 7.07. The van der Waals surface area contributed by atoms with Gasteiger partial charge in [0, 0.05) is 41.1 Å². The standard InChI is InChI=1S/C18H20N2OS/c1-12-6-16(22-10-12)14-7-13-8-18(21-17(13)19-9-14)11-20-4-2-15(18)3-5-20/h6-7,9-10,15H,2-5,8,11H2,1H3. The predicted molar refractivity (Wildman–Crippen MR) is 88.5 cm³/mol. The van der Waals surface area contributed by atoms with Crippen molar-refractivity contribution in [2.24, 2.45) is 5.92 Å². The Kier molecular flexibility index (Phi) is 2.71. The predicted octanol–water partition coefficient (Wildman–Crippen LogP) is 3.52. The molecule has 4 aliphatic heterocycles. The van der Waals surface area contributed by atoms with E-state index in [9.17, 15) is 0 Å². The van der Waals surface area contributed by atoms with Crippen molar-refractivity contribution in [1.82, 2.24) is 9.88 Å². The second-order valence-corrected chi connectivity index (χ2v) is 7.98. The zero-order chi connectivity index (χ0) is 14.7. The molecule has 0 radical (unpaired) electrons. The number of hydrogen-bond donors (Lipinski definition) is 0. The Labute approximate surface area is 134 Å². The largest absolute Gasteiger partial charge is 0.469 e. The molecule has 22 heavy (non-hydrogen) atoms. The molecular formula is C18H20N2OS. The van der Waals surface area contributed by atoms with Gasteiger partial charge in [-0.15, -0.1) is 11.3 Å². The van der Waals surface area contributed by atoms with Crippen LogP contribution in [0.2, 0.25) is 0 Å². The molecule has 2 aromatic rings. The average molecular weight is 312 g/mol. The van der Waals surface area contributed by atoms with Crippen LogP contribution >= 0.6 is 11.3 Å². The Morgan fingerprint density at radius 3 is 2.86 bits per heavy atom. The van der Waals surface area contributed by atoms with Gasteiger partial charge in [0.1, 0.15) is 5.60 Å². The van der Waals surface area contributed by atoms with Crippen LogP contribution in [0.3, 0.4) is 0 Å². The summed E-state index contributed by atoms with van der Waals surface area (Å²) in [6, 6.07) is 4.55. The number of hydrogen-bond acceptors (Lipinski definition) is 4. The molecule has 1 atom stereocenters. The number of aromatic nitrogens is 1. The summed E-state index contributed by atoms with van der Waals surface area (Å²) in [5.74, 6) is 1.59. The van der Waals surface area contributed by atoms with Gasteiger partial charge in [0.05, 0.1) is 0 Å². The molecular weight excluding hydrogens is 292 g/mol. The number of thiophene rings is 1. The molecule has 2 aromatic heterocycles. The number of nitrogens with zero attached hydrogens (tertiary/aromatic N) is 2. The van der Waals surface area contributed by atoms with Crippen LogP contribution in [0.15, 0.2) is 23.7 Å². The number of pyridine rings is 1. The lowest BCUT2D eigenvalue weighted by Crippen LogP contribution is -2.61. The minimum absolute atomic E-state index is 0.00975. The van der Waals surface area contributed by atoms with Gasteiger partial charge in [-0.2, -0.15) is 0 Å². The van der Waals surface area contributed by atoms with Crippen LogP contribution in [0, 0.1) is 12.8 Å². The van der Waals surface area contributed by atoms with Crippen LogP contribution in [0.4, 0.5) is 0 Å². The third-order valence-corrected chi connectivity index (χ3v) is 6.65. The highest BCUT2D eigenvalue weighted by Crippen LogP contribution is 2.46. The van der Waals surface area contributed by atoms with Gasteiger partial charge in [-0.25, -0.2) is 4.98 Å². The van der Waals surface area contributed by atoms with E-state index in [1.54, 1.807) is 11.3 Å². The smallest absolute Gasteiger partial charge is 0.217 e. The Balaban J connectivity index is 1.49. The van der Waals surface area contributed by atoms with Crippen LogP contribution in [-0.4, -0.2) is 35.1 Å². The number of rotatable bonds is 1. The lowest BCUT2D eigenvalue weighted by molar-refractivity contribution is -0.0814. The first-order chi connectivity index (χ1) is 10.7. The van der Waals surface area contributed by atoms with Crippen LogP contribution in [0.5, 0.6) is 5.88 Å². The molecule has 1 spiro atoms. The van der Waals surface area contributed by atoms with E-state index in [2.05, 4.69) is 34.3 Å². The summed E-state index contributed by atoms with van der Waals surface area (Å²) in [7, 11) is 0. The number of aryl methyl sites for hydroxylation is 1. The lowest BCUT2D eigenvalue weighted by atomic mass is 9.73. The Bertz CT molecular complexity index is 732. The zero-order valence-electron chi connectivity index (χ0n) is 12.8. The maximum absolute atomic E-state index is 6.42. The van der Waals surface area contributed by atoms with Gasteiger partial charge < -0.3 is 4.74 Å². The third kappa shape index (κ3) is 1.87. The molecule has 3 fully saturated rings. The molecule has 0 aromatic carbocycles. The van der Waals surface area contributed by atoms with Crippen molar-refractivity contribution >= 4 is 11.3 Å². The number of fused-ring (bicyclic) bond motifs is 3. The molecule has 0 N–H and O–H groups in total. The van der Waals surface area contributed by atoms with E-state index in [1.165, 1.54) is 47.5 Å². The minimum Gasteiger partial charge on any atom is -0.469 e. The van der Waals surface area contributed by atoms with Gasteiger partial charge in [-0.1, -0.05) is 0 Å². The summed E-state index contributed by atoms with van der Waals surface area (Å²) in [5, 5.41) is 2.20. The van der Waals surface area contributed by atoms with Crippen molar-refractivity contribution in [1.29, 1.82) is 0 Å². The summed E-state index contributed by atoms with van der Waals surface area (Å²) < 4.78 is 6.42. The van der Waals surface area contributed by atoms with Crippen LogP contribution in [0.1, 0.15) is 24.0 Å². The van der Waals surface area contributed by atoms with Crippen LogP contribution < -0.4 is 4.74 Å². The van der Waals surface area contributed by atoms with E-state index in [-0.39, 0.29) is 5.60 Å². The van der Waals surface area contributed by atoms with Gasteiger partial charge >= 0.3 is 0 Å². The molecule has 0 aliphatic carbocycles. The van der Waals surface area contributed by atoms with Gasteiger partial charge in [0.15, 0.2) is 0 Å². The average Bonchev–Trinajstić information content (AvgIpc) is 3.11. The number of piperidine rings is 3. The normalized spacial score (nSPS) is 32.2. The van der Waals surface area contributed by atoms with E-state index in [1.807, 2.05) is 6.20 Å². The highest BCUT2D eigenvalue weighted by Gasteiger charge is 2.52. The molecule has 0 saturated carbocycles. The number of ether oxygens (including phenoxy) is 1.